The van der Waals surface area contributed by atoms with E-state index in [0.29, 0.717) is 0 Å². The van der Waals surface area contributed by atoms with Gasteiger partial charge in [0.2, 0.25) is 0 Å². The Hall–Kier alpha value is -3.07. The van der Waals surface area contributed by atoms with Crippen molar-refractivity contribution < 1.29 is 4.79 Å². The fourth-order valence-corrected chi connectivity index (χ4v) is 3.29. The molecule has 0 radical (unpaired) electrons. The van der Waals surface area contributed by atoms with Gasteiger partial charge in [-0.25, -0.2) is 0 Å². The molecule has 3 nitrogen and oxygen atoms in total. The molecule has 2 heterocycles. The molecule has 1 N–H and O–H groups in total. The van der Waals surface area contributed by atoms with Gasteiger partial charge in [0.05, 0.1) is 0 Å². The molecule has 0 atom stereocenters. The van der Waals surface area contributed by atoms with Crippen molar-refractivity contribution in [2.75, 3.05) is 5.32 Å². The number of nitrogens with one attached hydrogen (secondary N) is 1. The van der Waals surface area contributed by atoms with Crippen LogP contribution in [0.25, 0.3) is 21.8 Å². The van der Waals surface area contributed by atoms with Crippen LogP contribution in [-0.4, -0.2) is 10.5 Å². The summed E-state index contributed by atoms with van der Waals surface area (Å²) in [7, 11) is 0. The zero-order valence-corrected chi connectivity index (χ0v) is 13.5. The third kappa shape index (κ3) is 2.35. The van der Waals surface area contributed by atoms with Crippen LogP contribution < -0.4 is 5.32 Å². The Balaban J connectivity index is 0.000000138. The summed E-state index contributed by atoms with van der Waals surface area (Å²) in [5.74, 6) is 0.00926. The Morgan fingerprint density at radius 2 is 1.46 bits per heavy atom. The minimum absolute atomic E-state index is 0.00926. The maximum Gasteiger partial charge on any atom is 0.255 e. The van der Waals surface area contributed by atoms with E-state index in [0.717, 1.165) is 17.8 Å². The lowest BCUT2D eigenvalue weighted by molar-refractivity contribution is 0.103. The number of nitrogens with zero attached hydrogens (tertiary/aromatic N) is 1. The molecule has 2 bridgehead atoms. The van der Waals surface area contributed by atoms with Gasteiger partial charge in [0.15, 0.2) is 0 Å². The molecule has 0 saturated carbocycles. The number of amides is 1. The zero-order valence-electron chi connectivity index (χ0n) is 13.5. The number of benzene rings is 3. The molecule has 24 heavy (non-hydrogen) atoms. The first-order valence-electron chi connectivity index (χ1n) is 8.15. The summed E-state index contributed by atoms with van der Waals surface area (Å²) in [6, 6.07) is 24.6. The lowest BCUT2D eigenvalue weighted by atomic mass is 10.2. The standard InChI is InChI=1S/C14H13N.C7H5NO/c1-2-15-13-9-5-3-7-11(13)12-8-4-6-10-14(12)15;9-7-5-2-1-3-6(4-5)8-7/h3-10H,2H2,1H3;1-4H,(H,8,9). The number of rotatable bonds is 1. The quantitative estimate of drug-likeness (QED) is 0.523. The van der Waals surface area contributed by atoms with Gasteiger partial charge >= 0.3 is 0 Å². The van der Waals surface area contributed by atoms with Crippen molar-refractivity contribution in [3.63, 3.8) is 0 Å². The predicted octanol–water partition coefficient (Wildman–Crippen LogP) is 5.07. The van der Waals surface area contributed by atoms with E-state index in [1.807, 2.05) is 18.2 Å². The van der Waals surface area contributed by atoms with Crippen LogP contribution in [0.2, 0.25) is 0 Å². The van der Waals surface area contributed by atoms with Gasteiger partial charge in [-0.15, -0.1) is 0 Å². The third-order valence-corrected chi connectivity index (χ3v) is 4.38. The summed E-state index contributed by atoms with van der Waals surface area (Å²) < 4.78 is 2.37. The van der Waals surface area contributed by atoms with Gasteiger partial charge in [0, 0.05) is 39.6 Å². The van der Waals surface area contributed by atoms with Crippen molar-refractivity contribution >= 4 is 33.4 Å². The molecule has 1 amide bonds. The average molecular weight is 314 g/mol. The van der Waals surface area contributed by atoms with Gasteiger partial charge in [0.1, 0.15) is 0 Å². The minimum Gasteiger partial charge on any atom is -0.341 e. The Kier molecular flexibility index (Phi) is 3.54. The molecule has 4 aromatic rings. The SMILES string of the molecule is CCn1c2ccccc2c2ccccc21.O=C1Nc2cccc1c2. The summed E-state index contributed by atoms with van der Waals surface area (Å²) in [5, 5.41) is 5.40. The molecule has 0 fully saturated rings. The summed E-state index contributed by atoms with van der Waals surface area (Å²) in [5.41, 5.74) is 4.33. The van der Waals surface area contributed by atoms with Crippen LogP contribution in [0.5, 0.6) is 0 Å². The van der Waals surface area contributed by atoms with E-state index in [-0.39, 0.29) is 5.91 Å². The summed E-state index contributed by atoms with van der Waals surface area (Å²) >= 11 is 0. The van der Waals surface area contributed by atoms with Gasteiger partial charge in [-0.2, -0.15) is 0 Å². The fraction of sp³-hybridized carbons (Fsp3) is 0.0952. The highest BCUT2D eigenvalue weighted by Gasteiger charge is 2.12. The van der Waals surface area contributed by atoms with Crippen LogP contribution in [-0.2, 0) is 6.54 Å². The lowest BCUT2D eigenvalue weighted by Gasteiger charge is -2.01. The average Bonchev–Trinajstić information content (AvgIpc) is 3.09. The van der Waals surface area contributed by atoms with E-state index in [9.17, 15) is 4.79 Å². The first-order valence-corrected chi connectivity index (χ1v) is 8.15. The molecule has 3 aromatic carbocycles. The fourth-order valence-electron chi connectivity index (χ4n) is 3.29. The van der Waals surface area contributed by atoms with Crippen LogP contribution in [0.4, 0.5) is 5.69 Å². The second kappa shape index (κ2) is 5.85. The second-order valence-corrected chi connectivity index (χ2v) is 5.81. The van der Waals surface area contributed by atoms with Crippen molar-refractivity contribution in [1.29, 1.82) is 0 Å². The predicted molar refractivity (Wildman–Crippen MR) is 99.5 cm³/mol. The van der Waals surface area contributed by atoms with Gasteiger partial charge in [-0.05, 0) is 37.3 Å². The Labute approximate surface area is 140 Å². The number of hydrogen-bond acceptors (Lipinski definition) is 1. The maximum atomic E-state index is 10.8. The highest BCUT2D eigenvalue weighted by molar-refractivity contribution is 6.09. The van der Waals surface area contributed by atoms with Gasteiger partial charge in [0.25, 0.3) is 5.91 Å². The molecule has 0 unspecified atom stereocenters. The van der Waals surface area contributed by atoms with E-state index in [1.165, 1.54) is 21.8 Å². The minimum atomic E-state index is 0.00926. The first-order chi connectivity index (χ1) is 11.8. The number of aromatic nitrogens is 1. The summed E-state index contributed by atoms with van der Waals surface area (Å²) in [6.07, 6.45) is 0. The highest BCUT2D eigenvalue weighted by atomic mass is 16.1. The van der Waals surface area contributed by atoms with Crippen molar-refractivity contribution in [2.24, 2.45) is 0 Å². The molecule has 1 aliphatic rings. The normalized spacial score (nSPS) is 12.1. The van der Waals surface area contributed by atoms with Crippen molar-refractivity contribution in [2.45, 2.75) is 13.5 Å². The van der Waals surface area contributed by atoms with E-state index in [2.05, 4.69) is 65.3 Å². The monoisotopic (exact) mass is 314 g/mol. The number of aryl methyl sites for hydroxylation is 1. The van der Waals surface area contributed by atoms with Gasteiger partial charge in [-0.1, -0.05) is 42.5 Å². The van der Waals surface area contributed by atoms with Gasteiger partial charge < -0.3 is 9.88 Å². The Morgan fingerprint density at radius 3 is 2.00 bits per heavy atom. The molecular formula is C21H18N2O. The topological polar surface area (TPSA) is 34.0 Å². The number of carbonyl (C=O) groups is 1. The number of anilines is 1. The van der Waals surface area contributed by atoms with Crippen molar-refractivity contribution in [3.05, 3.63) is 78.4 Å². The Bertz CT molecular complexity index is 993. The van der Waals surface area contributed by atoms with Crippen LogP contribution >= 0.6 is 0 Å². The highest BCUT2D eigenvalue weighted by Crippen LogP contribution is 2.28. The third-order valence-electron chi connectivity index (χ3n) is 4.38. The van der Waals surface area contributed by atoms with E-state index >= 15 is 0 Å². The number of carbonyl (C=O) groups excluding carboxylic acids is 1. The lowest BCUT2D eigenvalue weighted by Crippen LogP contribution is -2.02. The van der Waals surface area contributed by atoms with E-state index < -0.39 is 0 Å². The van der Waals surface area contributed by atoms with Crippen molar-refractivity contribution in [1.82, 2.24) is 4.57 Å². The smallest absolute Gasteiger partial charge is 0.255 e. The van der Waals surface area contributed by atoms with Crippen molar-refractivity contribution in [3.8, 4) is 0 Å². The molecule has 5 rings (SSSR count). The van der Waals surface area contributed by atoms with E-state index in [4.69, 9.17) is 0 Å². The summed E-state index contributed by atoms with van der Waals surface area (Å²) in [4.78, 5) is 10.8. The number of hydrogen-bond donors (Lipinski definition) is 1. The maximum absolute atomic E-state index is 10.8. The Morgan fingerprint density at radius 1 is 0.833 bits per heavy atom. The van der Waals surface area contributed by atoms with Crippen LogP contribution in [0, 0.1) is 0 Å². The van der Waals surface area contributed by atoms with Crippen LogP contribution in [0.1, 0.15) is 17.3 Å². The largest absolute Gasteiger partial charge is 0.341 e. The van der Waals surface area contributed by atoms with Crippen LogP contribution in [0.15, 0.2) is 72.8 Å². The molecular weight excluding hydrogens is 296 g/mol. The molecule has 0 saturated heterocycles. The molecule has 118 valence electrons. The van der Waals surface area contributed by atoms with Gasteiger partial charge in [-0.3, -0.25) is 4.79 Å². The number of fused-ring (bicyclic) bond motifs is 5. The molecule has 0 aliphatic carbocycles. The van der Waals surface area contributed by atoms with E-state index in [1.54, 1.807) is 6.07 Å². The zero-order chi connectivity index (χ0) is 16.5. The molecule has 3 heteroatoms. The first kappa shape index (κ1) is 14.5. The molecule has 1 aromatic heterocycles. The number of para-hydroxylation sites is 2. The van der Waals surface area contributed by atoms with Crippen LogP contribution in [0.3, 0.4) is 0 Å². The molecule has 1 aliphatic heterocycles. The molecule has 0 spiro atoms. The second-order valence-electron chi connectivity index (χ2n) is 5.81. The summed E-state index contributed by atoms with van der Waals surface area (Å²) in [6.45, 7) is 3.22.